The highest BCUT2D eigenvalue weighted by Crippen LogP contribution is 2.46. The third kappa shape index (κ3) is 1.40. The van der Waals surface area contributed by atoms with Gasteiger partial charge in [-0.25, -0.2) is 0 Å². The van der Waals surface area contributed by atoms with Gasteiger partial charge in [0.25, 0.3) is 0 Å². The van der Waals surface area contributed by atoms with Crippen LogP contribution in [0, 0.1) is 5.41 Å². The summed E-state index contributed by atoms with van der Waals surface area (Å²) >= 11 is 0. The molecule has 1 aromatic heterocycles. The lowest BCUT2D eigenvalue weighted by Gasteiger charge is -2.46. The standard InChI is InChI=1S/C12H19N3O/c1-9(2)15-6-10(5-14-15)11-12(7-13-11)3-4-16-8-12/h5-6,9,11,13H,3-4,7-8H2,1-2H3/t11-,12+/m0/s1. The van der Waals surface area contributed by atoms with E-state index in [1.807, 2.05) is 10.9 Å². The van der Waals surface area contributed by atoms with E-state index >= 15 is 0 Å². The molecule has 0 radical (unpaired) electrons. The minimum absolute atomic E-state index is 0.352. The van der Waals surface area contributed by atoms with Crippen molar-refractivity contribution in [1.82, 2.24) is 15.1 Å². The molecule has 16 heavy (non-hydrogen) atoms. The Morgan fingerprint density at radius 1 is 1.62 bits per heavy atom. The molecule has 1 spiro atoms. The molecule has 4 heteroatoms. The first-order valence-corrected chi connectivity index (χ1v) is 6.06. The van der Waals surface area contributed by atoms with Crippen molar-refractivity contribution in [3.8, 4) is 0 Å². The average Bonchev–Trinajstić information content (AvgIpc) is 2.85. The van der Waals surface area contributed by atoms with Gasteiger partial charge in [-0.2, -0.15) is 5.10 Å². The lowest BCUT2D eigenvalue weighted by molar-refractivity contribution is 0.0576. The van der Waals surface area contributed by atoms with Crippen LogP contribution >= 0.6 is 0 Å². The maximum atomic E-state index is 5.54. The fourth-order valence-electron chi connectivity index (χ4n) is 2.74. The summed E-state index contributed by atoms with van der Waals surface area (Å²) < 4.78 is 7.57. The molecule has 88 valence electrons. The van der Waals surface area contributed by atoms with Gasteiger partial charge in [0, 0.05) is 42.4 Å². The number of aromatic nitrogens is 2. The van der Waals surface area contributed by atoms with E-state index in [9.17, 15) is 0 Å². The minimum atomic E-state index is 0.352. The van der Waals surface area contributed by atoms with Crippen molar-refractivity contribution in [3.05, 3.63) is 18.0 Å². The summed E-state index contributed by atoms with van der Waals surface area (Å²) in [6, 6.07) is 0.882. The molecule has 1 N–H and O–H groups in total. The Labute approximate surface area is 96.0 Å². The molecule has 0 aromatic carbocycles. The van der Waals surface area contributed by atoms with E-state index in [-0.39, 0.29) is 0 Å². The summed E-state index contributed by atoms with van der Waals surface area (Å²) in [7, 11) is 0. The molecule has 2 saturated heterocycles. The van der Waals surface area contributed by atoms with E-state index in [1.165, 1.54) is 12.0 Å². The Morgan fingerprint density at radius 2 is 2.50 bits per heavy atom. The summed E-state index contributed by atoms with van der Waals surface area (Å²) in [5.41, 5.74) is 1.66. The van der Waals surface area contributed by atoms with Gasteiger partial charge in [-0.3, -0.25) is 4.68 Å². The molecular formula is C12H19N3O. The van der Waals surface area contributed by atoms with E-state index < -0.39 is 0 Å². The molecule has 2 fully saturated rings. The van der Waals surface area contributed by atoms with Crippen LogP contribution in [0.3, 0.4) is 0 Å². The van der Waals surface area contributed by atoms with Crippen LogP contribution in [0.2, 0.25) is 0 Å². The smallest absolute Gasteiger partial charge is 0.0553 e. The molecule has 2 aliphatic heterocycles. The van der Waals surface area contributed by atoms with Gasteiger partial charge in [0.2, 0.25) is 0 Å². The zero-order chi connectivity index (χ0) is 11.2. The third-order valence-corrected chi connectivity index (χ3v) is 3.89. The van der Waals surface area contributed by atoms with E-state index in [2.05, 4.69) is 30.5 Å². The first-order chi connectivity index (χ1) is 7.71. The van der Waals surface area contributed by atoms with Crippen LogP contribution in [-0.2, 0) is 4.74 Å². The van der Waals surface area contributed by atoms with Gasteiger partial charge in [-0.05, 0) is 20.3 Å². The van der Waals surface area contributed by atoms with E-state index in [0.29, 0.717) is 17.5 Å². The maximum Gasteiger partial charge on any atom is 0.0553 e. The Balaban J connectivity index is 1.81. The Hall–Kier alpha value is -0.870. The van der Waals surface area contributed by atoms with Crippen LogP contribution < -0.4 is 5.32 Å². The van der Waals surface area contributed by atoms with Crippen molar-refractivity contribution in [3.63, 3.8) is 0 Å². The highest BCUT2D eigenvalue weighted by molar-refractivity contribution is 5.21. The Bertz CT molecular complexity index is 379. The molecule has 0 amide bonds. The summed E-state index contributed by atoms with van der Waals surface area (Å²) in [6.07, 6.45) is 5.34. The van der Waals surface area contributed by atoms with Crippen molar-refractivity contribution in [1.29, 1.82) is 0 Å². The monoisotopic (exact) mass is 221 g/mol. The highest BCUT2D eigenvalue weighted by atomic mass is 16.5. The molecule has 1 aromatic rings. The van der Waals surface area contributed by atoms with Gasteiger partial charge in [-0.1, -0.05) is 0 Å². The predicted octanol–water partition coefficient (Wildman–Crippen LogP) is 1.51. The number of nitrogens with one attached hydrogen (secondary N) is 1. The van der Waals surface area contributed by atoms with E-state index in [1.54, 1.807) is 0 Å². The normalized spacial score (nSPS) is 33.6. The molecule has 3 rings (SSSR count). The van der Waals surface area contributed by atoms with Gasteiger partial charge < -0.3 is 10.1 Å². The molecule has 0 saturated carbocycles. The van der Waals surface area contributed by atoms with Crippen molar-refractivity contribution in [2.24, 2.45) is 5.41 Å². The zero-order valence-corrected chi connectivity index (χ0v) is 9.94. The largest absolute Gasteiger partial charge is 0.381 e. The molecule has 3 heterocycles. The third-order valence-electron chi connectivity index (χ3n) is 3.89. The molecule has 0 unspecified atom stereocenters. The Morgan fingerprint density at radius 3 is 3.00 bits per heavy atom. The Kier molecular flexibility index (Phi) is 2.30. The van der Waals surface area contributed by atoms with Crippen molar-refractivity contribution in [2.45, 2.75) is 32.4 Å². The molecule has 4 nitrogen and oxygen atoms in total. The van der Waals surface area contributed by atoms with Crippen molar-refractivity contribution >= 4 is 0 Å². The molecule has 2 atom stereocenters. The average molecular weight is 221 g/mol. The summed E-state index contributed by atoms with van der Waals surface area (Å²) in [5, 5.41) is 7.92. The summed E-state index contributed by atoms with van der Waals surface area (Å²) in [5.74, 6) is 0. The fourth-order valence-corrected chi connectivity index (χ4v) is 2.74. The number of hydrogen-bond donors (Lipinski definition) is 1. The van der Waals surface area contributed by atoms with Crippen LogP contribution in [0.15, 0.2) is 12.4 Å². The maximum absolute atomic E-state index is 5.54. The van der Waals surface area contributed by atoms with Gasteiger partial charge in [-0.15, -0.1) is 0 Å². The fraction of sp³-hybridized carbons (Fsp3) is 0.750. The zero-order valence-electron chi connectivity index (χ0n) is 9.94. The SMILES string of the molecule is CC(C)n1cc([C@@H]2NC[C@@]23CCOC3)cn1. The first-order valence-electron chi connectivity index (χ1n) is 6.06. The lowest BCUT2D eigenvalue weighted by atomic mass is 9.71. The molecule has 0 aliphatic carbocycles. The lowest BCUT2D eigenvalue weighted by Crippen LogP contribution is -2.56. The van der Waals surface area contributed by atoms with Crippen LogP contribution in [-0.4, -0.2) is 29.5 Å². The number of ether oxygens (including phenoxy) is 1. The second-order valence-electron chi connectivity index (χ2n) is 5.33. The minimum Gasteiger partial charge on any atom is -0.381 e. The molecule has 2 aliphatic rings. The first kappa shape index (κ1) is 10.3. The van der Waals surface area contributed by atoms with Crippen LogP contribution in [0.5, 0.6) is 0 Å². The highest BCUT2D eigenvalue weighted by Gasteiger charge is 2.50. The number of rotatable bonds is 2. The van der Waals surface area contributed by atoms with Crippen molar-refractivity contribution < 1.29 is 4.74 Å². The van der Waals surface area contributed by atoms with Crippen LogP contribution in [0.1, 0.15) is 37.9 Å². The second kappa shape index (κ2) is 3.57. The summed E-state index contributed by atoms with van der Waals surface area (Å²) in [4.78, 5) is 0. The summed E-state index contributed by atoms with van der Waals surface area (Å²) in [6.45, 7) is 7.21. The number of nitrogens with zero attached hydrogens (tertiary/aromatic N) is 2. The van der Waals surface area contributed by atoms with Crippen molar-refractivity contribution in [2.75, 3.05) is 19.8 Å². The van der Waals surface area contributed by atoms with Gasteiger partial charge in [0.1, 0.15) is 0 Å². The topological polar surface area (TPSA) is 39.1 Å². The van der Waals surface area contributed by atoms with Gasteiger partial charge in [0.15, 0.2) is 0 Å². The predicted molar refractivity (Wildman–Crippen MR) is 61.2 cm³/mol. The van der Waals surface area contributed by atoms with E-state index in [0.717, 1.165) is 19.8 Å². The van der Waals surface area contributed by atoms with Gasteiger partial charge >= 0.3 is 0 Å². The van der Waals surface area contributed by atoms with E-state index in [4.69, 9.17) is 4.74 Å². The molecular weight excluding hydrogens is 202 g/mol. The van der Waals surface area contributed by atoms with Crippen LogP contribution in [0.4, 0.5) is 0 Å². The quantitative estimate of drug-likeness (QED) is 0.823. The molecule has 0 bridgehead atoms. The van der Waals surface area contributed by atoms with Gasteiger partial charge in [0.05, 0.1) is 12.8 Å². The van der Waals surface area contributed by atoms with Crippen LogP contribution in [0.25, 0.3) is 0 Å². The second-order valence-corrected chi connectivity index (χ2v) is 5.33. The number of hydrogen-bond acceptors (Lipinski definition) is 3.